The first-order valence-electron chi connectivity index (χ1n) is 8.94. The molecular weight excluding hydrogens is 390 g/mol. The predicted molar refractivity (Wildman–Crippen MR) is 110 cm³/mol. The van der Waals surface area contributed by atoms with Crippen LogP contribution in [0.15, 0.2) is 53.4 Å². The lowest BCUT2D eigenvalue weighted by Crippen LogP contribution is -2.17. The second-order valence-electron chi connectivity index (χ2n) is 6.29. The zero-order chi connectivity index (χ0) is 20.2. The molecule has 1 aliphatic rings. The predicted octanol–water partition coefficient (Wildman–Crippen LogP) is 4.35. The molecule has 2 heterocycles. The highest BCUT2D eigenvalue weighted by Gasteiger charge is 2.19. The number of esters is 1. The van der Waals surface area contributed by atoms with Gasteiger partial charge in [0.05, 0.1) is 25.5 Å². The van der Waals surface area contributed by atoms with Crippen LogP contribution in [0, 0.1) is 0 Å². The number of para-hydroxylation sites is 1. The zero-order valence-electron chi connectivity index (χ0n) is 16.0. The summed E-state index contributed by atoms with van der Waals surface area (Å²) < 4.78 is 21.6. The van der Waals surface area contributed by atoms with Crippen molar-refractivity contribution < 1.29 is 23.7 Å². The topological polar surface area (TPSA) is 66.9 Å². The Bertz CT molecular complexity index is 1070. The third-order valence-electron chi connectivity index (χ3n) is 4.43. The number of carbonyl (C=O) groups excluding carboxylic acids is 1. The number of carbonyl (C=O) groups is 1. The first-order valence-corrected chi connectivity index (χ1v) is 9.82. The minimum Gasteiger partial charge on any atom is -0.493 e. The number of hydrogen-bond donors (Lipinski definition) is 0. The van der Waals surface area contributed by atoms with Gasteiger partial charge in [-0.15, -0.1) is 11.3 Å². The number of hydrogen-bond acceptors (Lipinski definition) is 7. The van der Waals surface area contributed by atoms with Crippen LogP contribution in [0.4, 0.5) is 0 Å². The Kier molecular flexibility index (Phi) is 5.48. The van der Waals surface area contributed by atoms with Crippen LogP contribution >= 0.6 is 11.3 Å². The maximum absolute atomic E-state index is 12.4. The summed E-state index contributed by atoms with van der Waals surface area (Å²) in [6.45, 7) is 0.297. The largest absolute Gasteiger partial charge is 0.493 e. The van der Waals surface area contributed by atoms with E-state index in [1.54, 1.807) is 20.3 Å². The van der Waals surface area contributed by atoms with E-state index < -0.39 is 5.97 Å². The van der Waals surface area contributed by atoms with Crippen molar-refractivity contribution in [2.24, 2.45) is 0 Å². The van der Waals surface area contributed by atoms with E-state index in [1.807, 2.05) is 47.8 Å². The molecule has 0 bridgehead atoms. The first-order chi connectivity index (χ1) is 14.2. The Morgan fingerprint density at radius 1 is 1.14 bits per heavy atom. The van der Waals surface area contributed by atoms with E-state index in [9.17, 15) is 4.79 Å². The van der Waals surface area contributed by atoms with Crippen molar-refractivity contribution in [2.45, 2.75) is 6.61 Å². The Balaban J connectivity index is 1.42. The molecule has 0 saturated carbocycles. The summed E-state index contributed by atoms with van der Waals surface area (Å²) >= 11 is 1.48. The van der Waals surface area contributed by atoms with Gasteiger partial charge in [0.25, 0.3) is 0 Å². The fourth-order valence-corrected chi connectivity index (χ4v) is 3.74. The van der Waals surface area contributed by atoms with Crippen LogP contribution in [0.3, 0.4) is 0 Å². The van der Waals surface area contributed by atoms with Crippen LogP contribution in [0.1, 0.15) is 11.3 Å². The molecule has 1 aliphatic heterocycles. The van der Waals surface area contributed by atoms with E-state index in [2.05, 4.69) is 4.98 Å². The molecule has 4 rings (SSSR count). The van der Waals surface area contributed by atoms with Crippen molar-refractivity contribution in [3.05, 3.63) is 64.7 Å². The van der Waals surface area contributed by atoms with Gasteiger partial charge < -0.3 is 18.9 Å². The van der Waals surface area contributed by atoms with Crippen LogP contribution in [-0.2, 0) is 16.1 Å². The maximum atomic E-state index is 12.4. The summed E-state index contributed by atoms with van der Waals surface area (Å²) in [5.41, 5.74) is 2.95. The highest BCUT2D eigenvalue weighted by Crippen LogP contribution is 2.33. The average molecular weight is 409 g/mol. The van der Waals surface area contributed by atoms with Gasteiger partial charge in [0, 0.05) is 16.5 Å². The van der Waals surface area contributed by atoms with Crippen LogP contribution in [0.25, 0.3) is 16.6 Å². The molecule has 0 saturated heterocycles. The van der Waals surface area contributed by atoms with E-state index in [4.69, 9.17) is 18.9 Å². The second kappa shape index (κ2) is 8.36. The molecule has 0 aliphatic carbocycles. The minimum atomic E-state index is -0.403. The SMILES string of the molecule is COc1ccc(-c2nc(COC(=O)C3=Cc4ccccc4OC3)cs2)cc1OC. The van der Waals surface area contributed by atoms with Crippen LogP contribution < -0.4 is 14.2 Å². The Hall–Kier alpha value is -3.32. The number of nitrogens with zero attached hydrogens (tertiary/aromatic N) is 1. The second-order valence-corrected chi connectivity index (χ2v) is 7.14. The number of rotatable bonds is 6. The minimum absolute atomic E-state index is 0.0988. The highest BCUT2D eigenvalue weighted by molar-refractivity contribution is 7.13. The van der Waals surface area contributed by atoms with Crippen molar-refractivity contribution in [1.29, 1.82) is 0 Å². The Morgan fingerprint density at radius 3 is 2.79 bits per heavy atom. The van der Waals surface area contributed by atoms with Gasteiger partial charge in [0.15, 0.2) is 11.5 Å². The standard InChI is InChI=1S/C22H19NO5S/c1-25-19-8-7-15(10-20(19)26-2)21-23-17(13-29-21)12-28-22(24)16-9-14-5-3-4-6-18(14)27-11-16/h3-10,13H,11-12H2,1-2H3. The van der Waals surface area contributed by atoms with E-state index in [0.717, 1.165) is 21.9 Å². The van der Waals surface area contributed by atoms with Gasteiger partial charge in [-0.25, -0.2) is 9.78 Å². The van der Waals surface area contributed by atoms with Crippen LogP contribution in [-0.4, -0.2) is 31.8 Å². The third-order valence-corrected chi connectivity index (χ3v) is 5.37. The molecule has 0 N–H and O–H groups in total. The average Bonchev–Trinajstić information content (AvgIpc) is 3.25. The summed E-state index contributed by atoms with van der Waals surface area (Å²) in [6.07, 6.45) is 1.80. The van der Waals surface area contributed by atoms with Crippen LogP contribution in [0.5, 0.6) is 17.2 Å². The molecule has 148 valence electrons. The zero-order valence-corrected chi connectivity index (χ0v) is 16.8. The van der Waals surface area contributed by atoms with Gasteiger partial charge in [-0.3, -0.25) is 0 Å². The molecule has 0 unspecified atom stereocenters. The lowest BCUT2D eigenvalue weighted by molar-refractivity contribution is -0.140. The number of aromatic nitrogens is 1. The Labute approximate surface area is 172 Å². The summed E-state index contributed by atoms with van der Waals surface area (Å²) in [5, 5.41) is 2.69. The lowest BCUT2D eigenvalue weighted by Gasteiger charge is -2.16. The smallest absolute Gasteiger partial charge is 0.337 e. The molecule has 0 fully saturated rings. The number of ether oxygens (including phenoxy) is 4. The van der Waals surface area contributed by atoms with Gasteiger partial charge in [-0.05, 0) is 30.3 Å². The van der Waals surface area contributed by atoms with Crippen LogP contribution in [0.2, 0.25) is 0 Å². The van der Waals surface area contributed by atoms with Gasteiger partial charge in [-0.2, -0.15) is 0 Å². The highest BCUT2D eigenvalue weighted by atomic mass is 32.1. The van der Waals surface area contributed by atoms with Gasteiger partial charge in [-0.1, -0.05) is 18.2 Å². The summed E-state index contributed by atoms with van der Waals surface area (Å²) in [5.74, 6) is 1.66. The van der Waals surface area contributed by atoms with E-state index >= 15 is 0 Å². The van der Waals surface area contributed by atoms with Crippen molar-refractivity contribution in [2.75, 3.05) is 20.8 Å². The summed E-state index contributed by atoms with van der Waals surface area (Å²) in [7, 11) is 3.19. The quantitative estimate of drug-likeness (QED) is 0.564. The number of thiazole rings is 1. The molecule has 3 aromatic rings. The molecule has 0 amide bonds. The molecule has 7 heteroatoms. The lowest BCUT2D eigenvalue weighted by atomic mass is 10.1. The number of benzene rings is 2. The maximum Gasteiger partial charge on any atom is 0.337 e. The van der Waals surface area contributed by atoms with Gasteiger partial charge >= 0.3 is 5.97 Å². The molecule has 0 radical (unpaired) electrons. The molecule has 0 atom stereocenters. The molecule has 29 heavy (non-hydrogen) atoms. The fraction of sp³-hybridized carbons (Fsp3) is 0.182. The Morgan fingerprint density at radius 2 is 1.97 bits per heavy atom. The molecule has 1 aromatic heterocycles. The number of fused-ring (bicyclic) bond motifs is 1. The van der Waals surface area contributed by atoms with Gasteiger partial charge in [0.1, 0.15) is 24.0 Å². The molecule has 0 spiro atoms. The van der Waals surface area contributed by atoms with E-state index in [0.29, 0.717) is 22.8 Å². The van der Waals surface area contributed by atoms with E-state index in [-0.39, 0.29) is 13.2 Å². The monoisotopic (exact) mass is 409 g/mol. The first kappa shape index (κ1) is 19.0. The summed E-state index contributed by atoms with van der Waals surface area (Å²) in [4.78, 5) is 16.9. The normalized spacial score (nSPS) is 12.4. The summed E-state index contributed by atoms with van der Waals surface area (Å²) in [6, 6.07) is 13.2. The van der Waals surface area contributed by atoms with Gasteiger partial charge in [0.2, 0.25) is 0 Å². The molecule has 6 nitrogen and oxygen atoms in total. The van der Waals surface area contributed by atoms with Crippen molar-refractivity contribution in [1.82, 2.24) is 4.98 Å². The van der Waals surface area contributed by atoms with Crippen molar-refractivity contribution in [3.63, 3.8) is 0 Å². The van der Waals surface area contributed by atoms with Crippen molar-refractivity contribution >= 4 is 23.4 Å². The molecular formula is C22H19NO5S. The van der Waals surface area contributed by atoms with Crippen molar-refractivity contribution in [3.8, 4) is 27.8 Å². The third kappa shape index (κ3) is 4.09. The van der Waals surface area contributed by atoms with E-state index in [1.165, 1.54) is 11.3 Å². The molecule has 2 aromatic carbocycles. The number of methoxy groups -OCH3 is 2. The fourth-order valence-electron chi connectivity index (χ4n) is 2.94.